The molecule has 0 aliphatic carbocycles. The highest BCUT2D eigenvalue weighted by Crippen LogP contribution is 2.07. The summed E-state index contributed by atoms with van der Waals surface area (Å²) in [5, 5.41) is 6.85. The van der Waals surface area contributed by atoms with Gasteiger partial charge in [0.1, 0.15) is 6.54 Å². The van der Waals surface area contributed by atoms with Crippen LogP contribution < -0.4 is 16.2 Å². The number of ether oxygens (including phenoxy) is 1. The van der Waals surface area contributed by atoms with Gasteiger partial charge in [0.05, 0.1) is 0 Å². The summed E-state index contributed by atoms with van der Waals surface area (Å²) in [6.45, 7) is 3.93. The molecule has 2 aromatic rings. The van der Waals surface area contributed by atoms with Crippen LogP contribution in [0.4, 0.5) is 0 Å². The van der Waals surface area contributed by atoms with E-state index >= 15 is 0 Å². The van der Waals surface area contributed by atoms with Gasteiger partial charge in [-0.2, -0.15) is 0 Å². The molecule has 1 heterocycles. The van der Waals surface area contributed by atoms with E-state index in [1.807, 2.05) is 19.1 Å². The van der Waals surface area contributed by atoms with Gasteiger partial charge in [0.2, 0.25) is 11.8 Å². The monoisotopic (exact) mass is 359 g/mol. The Morgan fingerprint density at radius 3 is 2.65 bits per heavy atom. The Hall–Kier alpha value is -2.67. The predicted molar refractivity (Wildman–Crippen MR) is 100.0 cm³/mol. The van der Waals surface area contributed by atoms with Gasteiger partial charge in [0.15, 0.2) is 0 Å². The SMILES string of the molecule is CCOCCCNC(=O)CCNC(=O)Cn1ccc2ccccc2c1=O. The van der Waals surface area contributed by atoms with E-state index in [-0.39, 0.29) is 36.9 Å². The molecular weight excluding hydrogens is 334 g/mol. The van der Waals surface area contributed by atoms with Crippen molar-refractivity contribution in [2.45, 2.75) is 26.3 Å². The smallest absolute Gasteiger partial charge is 0.258 e. The lowest BCUT2D eigenvalue weighted by Crippen LogP contribution is -2.35. The molecule has 0 aliphatic heterocycles. The fourth-order valence-corrected chi connectivity index (χ4v) is 2.52. The van der Waals surface area contributed by atoms with E-state index in [1.54, 1.807) is 24.4 Å². The van der Waals surface area contributed by atoms with Crippen molar-refractivity contribution in [3.63, 3.8) is 0 Å². The number of amides is 2. The molecule has 0 saturated heterocycles. The summed E-state index contributed by atoms with van der Waals surface area (Å²) in [5.74, 6) is -0.420. The zero-order valence-corrected chi connectivity index (χ0v) is 15.0. The molecule has 2 amide bonds. The number of nitrogens with one attached hydrogen (secondary N) is 2. The minimum absolute atomic E-state index is 0.0698. The molecule has 0 spiro atoms. The molecule has 7 nitrogen and oxygen atoms in total. The summed E-state index contributed by atoms with van der Waals surface area (Å²) < 4.78 is 6.55. The van der Waals surface area contributed by atoms with Crippen molar-refractivity contribution in [2.24, 2.45) is 0 Å². The van der Waals surface area contributed by atoms with Gasteiger partial charge in [0.25, 0.3) is 5.56 Å². The second kappa shape index (κ2) is 10.4. The van der Waals surface area contributed by atoms with Crippen LogP contribution in [0.25, 0.3) is 10.8 Å². The zero-order chi connectivity index (χ0) is 18.8. The van der Waals surface area contributed by atoms with Crippen LogP contribution in [0.3, 0.4) is 0 Å². The van der Waals surface area contributed by atoms with Crippen molar-refractivity contribution in [3.8, 4) is 0 Å². The average Bonchev–Trinajstić information content (AvgIpc) is 2.64. The largest absolute Gasteiger partial charge is 0.382 e. The van der Waals surface area contributed by atoms with Gasteiger partial charge in [0, 0.05) is 44.3 Å². The molecule has 26 heavy (non-hydrogen) atoms. The molecule has 140 valence electrons. The Balaban J connectivity index is 1.73. The maximum atomic E-state index is 12.3. The molecule has 0 aliphatic rings. The normalized spacial score (nSPS) is 10.7. The van der Waals surface area contributed by atoms with E-state index in [0.717, 1.165) is 11.8 Å². The van der Waals surface area contributed by atoms with Crippen LogP contribution in [0.1, 0.15) is 19.8 Å². The van der Waals surface area contributed by atoms with Crippen LogP contribution in [-0.2, 0) is 20.9 Å². The molecule has 0 bridgehead atoms. The minimum atomic E-state index is -0.300. The summed E-state index contributed by atoms with van der Waals surface area (Å²) >= 11 is 0. The number of aromatic nitrogens is 1. The molecule has 0 radical (unpaired) electrons. The van der Waals surface area contributed by atoms with Crippen molar-refractivity contribution in [2.75, 3.05) is 26.3 Å². The Labute approximate surface area is 152 Å². The van der Waals surface area contributed by atoms with Crippen LogP contribution in [-0.4, -0.2) is 42.7 Å². The lowest BCUT2D eigenvalue weighted by atomic mass is 10.2. The van der Waals surface area contributed by atoms with Gasteiger partial charge in [-0.1, -0.05) is 18.2 Å². The van der Waals surface area contributed by atoms with E-state index in [9.17, 15) is 14.4 Å². The van der Waals surface area contributed by atoms with Crippen LogP contribution in [0.5, 0.6) is 0 Å². The molecule has 0 fully saturated rings. The maximum absolute atomic E-state index is 12.3. The van der Waals surface area contributed by atoms with E-state index < -0.39 is 0 Å². The molecule has 7 heteroatoms. The summed E-state index contributed by atoms with van der Waals surface area (Å²) in [4.78, 5) is 36.0. The first kappa shape index (κ1) is 19.7. The molecule has 0 saturated carbocycles. The van der Waals surface area contributed by atoms with Crippen molar-refractivity contribution >= 4 is 22.6 Å². The summed E-state index contributed by atoms with van der Waals surface area (Å²) in [6.07, 6.45) is 2.57. The fraction of sp³-hybridized carbons (Fsp3) is 0.421. The topological polar surface area (TPSA) is 89.4 Å². The van der Waals surface area contributed by atoms with Crippen LogP contribution in [0.15, 0.2) is 41.3 Å². The number of benzene rings is 1. The summed E-state index contributed by atoms with van der Waals surface area (Å²) in [6, 6.07) is 9.05. The molecule has 2 N–H and O–H groups in total. The number of hydrogen-bond acceptors (Lipinski definition) is 4. The van der Waals surface area contributed by atoms with Crippen LogP contribution in [0, 0.1) is 0 Å². The first-order valence-corrected chi connectivity index (χ1v) is 8.81. The lowest BCUT2D eigenvalue weighted by Gasteiger charge is -2.09. The molecular formula is C19H25N3O4. The van der Waals surface area contributed by atoms with E-state index in [1.165, 1.54) is 4.57 Å². The Morgan fingerprint density at radius 2 is 1.85 bits per heavy atom. The Kier molecular flexibility index (Phi) is 7.82. The minimum Gasteiger partial charge on any atom is -0.382 e. The lowest BCUT2D eigenvalue weighted by molar-refractivity contribution is -0.122. The van der Waals surface area contributed by atoms with E-state index in [4.69, 9.17) is 4.74 Å². The van der Waals surface area contributed by atoms with Gasteiger partial charge in [-0.05, 0) is 30.9 Å². The van der Waals surface area contributed by atoms with E-state index in [0.29, 0.717) is 25.1 Å². The average molecular weight is 359 g/mol. The van der Waals surface area contributed by atoms with E-state index in [2.05, 4.69) is 10.6 Å². The molecule has 0 unspecified atom stereocenters. The number of nitrogens with zero attached hydrogens (tertiary/aromatic N) is 1. The highest BCUT2D eigenvalue weighted by molar-refractivity contribution is 5.82. The van der Waals surface area contributed by atoms with Crippen LogP contribution >= 0.6 is 0 Å². The van der Waals surface area contributed by atoms with Crippen LogP contribution in [0.2, 0.25) is 0 Å². The van der Waals surface area contributed by atoms with Gasteiger partial charge < -0.3 is 19.9 Å². The number of hydrogen-bond donors (Lipinski definition) is 2. The third-order valence-electron chi connectivity index (χ3n) is 3.87. The first-order valence-electron chi connectivity index (χ1n) is 8.81. The third-order valence-corrected chi connectivity index (χ3v) is 3.87. The molecule has 2 rings (SSSR count). The number of carbonyl (C=O) groups excluding carboxylic acids is 2. The first-order chi connectivity index (χ1) is 12.6. The van der Waals surface area contributed by atoms with Gasteiger partial charge in [-0.3, -0.25) is 14.4 Å². The fourth-order valence-electron chi connectivity index (χ4n) is 2.52. The van der Waals surface area contributed by atoms with Gasteiger partial charge in [-0.15, -0.1) is 0 Å². The third kappa shape index (κ3) is 6.00. The maximum Gasteiger partial charge on any atom is 0.258 e. The summed E-state index contributed by atoms with van der Waals surface area (Å²) in [7, 11) is 0. The second-order valence-corrected chi connectivity index (χ2v) is 5.84. The number of rotatable bonds is 10. The zero-order valence-electron chi connectivity index (χ0n) is 15.0. The Morgan fingerprint density at radius 1 is 1.08 bits per heavy atom. The van der Waals surface area contributed by atoms with Gasteiger partial charge in [-0.25, -0.2) is 0 Å². The molecule has 1 aromatic heterocycles. The van der Waals surface area contributed by atoms with Gasteiger partial charge >= 0.3 is 0 Å². The number of pyridine rings is 1. The highest BCUT2D eigenvalue weighted by Gasteiger charge is 2.08. The van der Waals surface area contributed by atoms with Crippen molar-refractivity contribution < 1.29 is 14.3 Å². The molecule has 0 atom stereocenters. The second-order valence-electron chi connectivity index (χ2n) is 5.84. The van der Waals surface area contributed by atoms with Crippen molar-refractivity contribution in [3.05, 3.63) is 46.9 Å². The number of fused-ring (bicyclic) bond motifs is 1. The molecule has 1 aromatic carbocycles. The van der Waals surface area contributed by atoms with Crippen molar-refractivity contribution in [1.82, 2.24) is 15.2 Å². The Bertz CT molecular complexity index is 801. The summed E-state index contributed by atoms with van der Waals surface area (Å²) in [5.41, 5.74) is -0.203. The quantitative estimate of drug-likeness (QED) is 0.621. The number of carbonyl (C=O) groups is 2. The highest BCUT2D eigenvalue weighted by atomic mass is 16.5. The van der Waals surface area contributed by atoms with Crippen molar-refractivity contribution in [1.29, 1.82) is 0 Å². The standard InChI is InChI=1S/C19H25N3O4/c1-2-26-13-5-10-20-17(23)8-11-21-18(24)14-22-12-9-15-6-3-4-7-16(15)19(22)25/h3-4,6-7,9,12H,2,5,8,10-11,13-14H2,1H3,(H,20,23)(H,21,24). The predicted octanol–water partition coefficient (Wildman–Crippen LogP) is 1.05.